The minimum absolute atomic E-state index is 0.0527. The fourth-order valence-corrected chi connectivity index (χ4v) is 4.64. The molecule has 0 aliphatic carbocycles. The van der Waals surface area contributed by atoms with Crippen LogP contribution in [0.3, 0.4) is 0 Å². The maximum Gasteiger partial charge on any atom is 0.197 e. The molecular weight excluding hydrogens is 475 g/mol. The molecule has 1 N–H and O–H groups in total. The number of halogens is 2. The highest BCUT2D eigenvalue weighted by Gasteiger charge is 2.31. The maximum absolute atomic E-state index is 12.5. The lowest BCUT2D eigenvalue weighted by atomic mass is 9.92. The third-order valence-corrected chi connectivity index (χ3v) is 6.35. The van der Waals surface area contributed by atoms with E-state index in [1.54, 1.807) is 18.2 Å². The van der Waals surface area contributed by atoms with Crippen molar-refractivity contribution in [3.63, 3.8) is 0 Å². The van der Waals surface area contributed by atoms with Crippen LogP contribution in [0.2, 0.25) is 10.0 Å². The van der Waals surface area contributed by atoms with E-state index in [-0.39, 0.29) is 32.0 Å². The molecule has 0 amide bonds. The molecule has 0 unspecified atom stereocenters. The lowest BCUT2D eigenvalue weighted by Gasteiger charge is -2.16. The van der Waals surface area contributed by atoms with Crippen LogP contribution >= 0.6 is 23.2 Å². The molecule has 0 aliphatic rings. The van der Waals surface area contributed by atoms with E-state index in [1.807, 2.05) is 20.8 Å². The Bertz CT molecular complexity index is 1520. The molecule has 0 radical (unpaired) electrons. The summed E-state index contributed by atoms with van der Waals surface area (Å²) in [4.78, 5) is 0.0527. The minimum atomic E-state index is -3.61. The summed E-state index contributed by atoms with van der Waals surface area (Å²) in [6, 6.07) is 7.70. The third-order valence-electron chi connectivity index (χ3n) is 4.63. The summed E-state index contributed by atoms with van der Waals surface area (Å²) in [5, 5.41) is 31.0. The molecule has 2 aromatic carbocycles. The van der Waals surface area contributed by atoms with E-state index >= 15 is 0 Å². The molecule has 0 bridgehead atoms. The number of sulfone groups is 1. The van der Waals surface area contributed by atoms with Gasteiger partial charge in [-0.3, -0.25) is 0 Å². The number of aromatic hydroxyl groups is 1. The number of phenols is 1. The minimum Gasteiger partial charge on any atom is -0.506 e. The van der Waals surface area contributed by atoms with Crippen molar-refractivity contribution in [2.75, 3.05) is 6.26 Å². The summed E-state index contributed by atoms with van der Waals surface area (Å²) in [7, 11) is -3.61. The topological polar surface area (TPSA) is 122 Å². The van der Waals surface area contributed by atoms with Crippen LogP contribution in [0.15, 0.2) is 45.5 Å². The SMILES string of the molecule is CC(C)(C)c1nn2c(nnc3ccc(/N=N/c4cc(Cl)c(O)cc4Cl)cc32)c1S(C)(=O)=O. The molecule has 2 aromatic heterocycles. The Kier molecular flexibility index (Phi) is 5.35. The summed E-state index contributed by atoms with van der Waals surface area (Å²) in [6.07, 6.45) is 1.13. The largest absolute Gasteiger partial charge is 0.506 e. The van der Waals surface area contributed by atoms with Crippen LogP contribution < -0.4 is 0 Å². The van der Waals surface area contributed by atoms with Gasteiger partial charge in [0.15, 0.2) is 15.5 Å². The van der Waals surface area contributed by atoms with Crippen LogP contribution in [0, 0.1) is 0 Å². The Morgan fingerprint density at radius 1 is 1.03 bits per heavy atom. The first-order valence-electron chi connectivity index (χ1n) is 9.36. The Morgan fingerprint density at radius 3 is 2.41 bits per heavy atom. The van der Waals surface area contributed by atoms with Crippen LogP contribution in [0.5, 0.6) is 5.75 Å². The zero-order valence-corrected chi connectivity index (χ0v) is 19.8. The number of fused-ring (bicyclic) bond motifs is 3. The second-order valence-electron chi connectivity index (χ2n) is 8.26. The molecule has 0 atom stereocenters. The Hall–Kier alpha value is -2.82. The average molecular weight is 493 g/mol. The van der Waals surface area contributed by atoms with Gasteiger partial charge >= 0.3 is 0 Å². The summed E-state index contributed by atoms with van der Waals surface area (Å²) in [5.41, 5.74) is 1.75. The van der Waals surface area contributed by atoms with E-state index in [2.05, 4.69) is 25.5 Å². The molecule has 0 spiro atoms. The van der Waals surface area contributed by atoms with Crippen LogP contribution in [0.4, 0.5) is 11.4 Å². The lowest BCUT2D eigenvalue weighted by Crippen LogP contribution is -2.16. The first-order valence-corrected chi connectivity index (χ1v) is 12.0. The van der Waals surface area contributed by atoms with E-state index in [9.17, 15) is 13.5 Å². The zero-order valence-electron chi connectivity index (χ0n) is 17.5. The number of azo groups is 1. The molecule has 9 nitrogen and oxygen atoms in total. The van der Waals surface area contributed by atoms with E-state index in [1.165, 1.54) is 16.6 Å². The average Bonchev–Trinajstić information content (AvgIpc) is 3.11. The van der Waals surface area contributed by atoms with Crippen LogP contribution in [0.1, 0.15) is 26.5 Å². The monoisotopic (exact) mass is 492 g/mol. The molecule has 166 valence electrons. The number of nitrogens with zero attached hydrogens (tertiary/aromatic N) is 6. The van der Waals surface area contributed by atoms with Gasteiger partial charge in [-0.15, -0.1) is 15.3 Å². The maximum atomic E-state index is 12.5. The van der Waals surface area contributed by atoms with Crippen molar-refractivity contribution >= 4 is 61.1 Å². The van der Waals surface area contributed by atoms with Crippen molar-refractivity contribution in [3.05, 3.63) is 46.1 Å². The molecule has 0 fully saturated rings. The molecule has 32 heavy (non-hydrogen) atoms. The first kappa shape index (κ1) is 22.4. The number of hydrogen-bond donors (Lipinski definition) is 1. The highest BCUT2D eigenvalue weighted by Crippen LogP contribution is 2.36. The van der Waals surface area contributed by atoms with Gasteiger partial charge in [0, 0.05) is 17.7 Å². The Labute approximate surface area is 193 Å². The van der Waals surface area contributed by atoms with Gasteiger partial charge in [-0.05, 0) is 24.3 Å². The summed E-state index contributed by atoms with van der Waals surface area (Å²) in [6.45, 7) is 5.64. The fraction of sp³-hybridized carbons (Fsp3) is 0.250. The molecule has 2 heterocycles. The van der Waals surface area contributed by atoms with Crippen molar-refractivity contribution in [1.29, 1.82) is 0 Å². The van der Waals surface area contributed by atoms with Gasteiger partial charge < -0.3 is 5.11 Å². The van der Waals surface area contributed by atoms with Gasteiger partial charge in [0.1, 0.15) is 21.8 Å². The standard InChI is InChI=1S/C20H18Cl2N6O3S/c1-20(2,3)18-17(32(4,30)31)19-26-24-13-6-5-10(7-15(13)28(19)27-18)23-25-14-8-12(22)16(29)9-11(14)21/h5-9,29H,1-4H3/b25-23+. The molecule has 12 heteroatoms. The summed E-state index contributed by atoms with van der Waals surface area (Å²) in [5.74, 6) is -0.155. The predicted octanol–water partition coefficient (Wildman–Crippen LogP) is 5.41. The predicted molar refractivity (Wildman–Crippen MR) is 122 cm³/mol. The van der Waals surface area contributed by atoms with E-state index in [4.69, 9.17) is 23.2 Å². The number of phenolic OH excluding ortho intramolecular Hbond substituents is 1. The second kappa shape index (κ2) is 7.65. The first-order chi connectivity index (χ1) is 14.9. The van der Waals surface area contributed by atoms with Gasteiger partial charge in [0.05, 0.1) is 26.9 Å². The van der Waals surface area contributed by atoms with Crippen molar-refractivity contribution in [2.24, 2.45) is 10.2 Å². The molecule has 0 saturated carbocycles. The van der Waals surface area contributed by atoms with Gasteiger partial charge in [0.2, 0.25) is 0 Å². The van der Waals surface area contributed by atoms with E-state index in [0.717, 1.165) is 6.26 Å². The number of benzene rings is 2. The molecule has 4 aromatic rings. The summed E-state index contributed by atoms with van der Waals surface area (Å²) < 4.78 is 26.5. The Balaban J connectivity index is 1.91. The third kappa shape index (κ3) is 4.01. The van der Waals surface area contributed by atoms with Gasteiger partial charge in [-0.2, -0.15) is 10.2 Å². The smallest absolute Gasteiger partial charge is 0.197 e. The van der Waals surface area contributed by atoms with Crippen LogP contribution in [-0.4, -0.2) is 39.6 Å². The van der Waals surface area contributed by atoms with E-state index < -0.39 is 15.3 Å². The molecule has 0 saturated heterocycles. The van der Waals surface area contributed by atoms with Gasteiger partial charge in [-0.25, -0.2) is 12.9 Å². The second-order valence-corrected chi connectivity index (χ2v) is 11.0. The van der Waals surface area contributed by atoms with Crippen molar-refractivity contribution < 1.29 is 13.5 Å². The summed E-state index contributed by atoms with van der Waals surface area (Å²) >= 11 is 12.0. The number of rotatable bonds is 3. The van der Waals surface area contributed by atoms with Gasteiger partial charge in [-0.1, -0.05) is 44.0 Å². The van der Waals surface area contributed by atoms with Crippen LogP contribution in [-0.2, 0) is 15.3 Å². The molecular formula is C20H18Cl2N6O3S. The highest BCUT2D eigenvalue weighted by atomic mass is 35.5. The lowest BCUT2D eigenvalue weighted by molar-refractivity contribution is 0.475. The van der Waals surface area contributed by atoms with Crippen molar-refractivity contribution in [2.45, 2.75) is 31.1 Å². The fourth-order valence-electron chi connectivity index (χ4n) is 3.13. The zero-order chi connectivity index (χ0) is 23.4. The number of aromatic nitrogens is 4. The molecule has 4 rings (SSSR count). The molecule has 0 aliphatic heterocycles. The Morgan fingerprint density at radius 2 is 1.75 bits per heavy atom. The van der Waals surface area contributed by atoms with Crippen LogP contribution in [0.25, 0.3) is 16.7 Å². The van der Waals surface area contributed by atoms with Crippen molar-refractivity contribution in [3.8, 4) is 5.75 Å². The normalized spacial score (nSPS) is 12.9. The quantitative estimate of drug-likeness (QED) is 0.381. The van der Waals surface area contributed by atoms with E-state index in [0.29, 0.717) is 22.4 Å². The van der Waals surface area contributed by atoms with Gasteiger partial charge in [0.25, 0.3) is 0 Å². The van der Waals surface area contributed by atoms with Crippen molar-refractivity contribution in [1.82, 2.24) is 19.8 Å². The highest BCUT2D eigenvalue weighted by molar-refractivity contribution is 7.91. The number of hydrogen-bond acceptors (Lipinski definition) is 8.